The molecule has 3 N–H and O–H groups in total. The zero-order valence-electron chi connectivity index (χ0n) is 11.1. The second-order valence-corrected chi connectivity index (χ2v) is 4.32. The van der Waals surface area contributed by atoms with E-state index in [1.807, 2.05) is 0 Å². The second-order valence-electron chi connectivity index (χ2n) is 4.32. The summed E-state index contributed by atoms with van der Waals surface area (Å²) < 4.78 is 42.8. The van der Waals surface area contributed by atoms with E-state index in [0.29, 0.717) is 6.92 Å². The molecule has 6 nitrogen and oxygen atoms in total. The summed E-state index contributed by atoms with van der Waals surface area (Å²) >= 11 is 0. The van der Waals surface area contributed by atoms with Crippen LogP contribution in [0.2, 0.25) is 0 Å². The van der Waals surface area contributed by atoms with Crippen LogP contribution in [0, 0.1) is 0 Å². The summed E-state index contributed by atoms with van der Waals surface area (Å²) in [5.74, 6) is -2.20. The smallest absolute Gasteiger partial charge is 0.422 e. The van der Waals surface area contributed by atoms with Crippen molar-refractivity contribution >= 4 is 12.0 Å². The summed E-state index contributed by atoms with van der Waals surface area (Å²) in [6, 6.07) is -1.24. The van der Waals surface area contributed by atoms with E-state index < -0.39 is 23.7 Å². The number of carbonyl (C=O) groups is 2. The predicted molar refractivity (Wildman–Crippen MR) is 64.3 cm³/mol. The van der Waals surface area contributed by atoms with Crippen molar-refractivity contribution in [2.45, 2.75) is 25.6 Å². The highest BCUT2D eigenvalue weighted by Crippen LogP contribution is 2.30. The Kier molecular flexibility index (Phi) is 6.50. The number of urea groups is 1. The third-order valence-corrected chi connectivity index (χ3v) is 2.24. The van der Waals surface area contributed by atoms with Gasteiger partial charge in [0.2, 0.25) is 5.54 Å². The minimum Gasteiger partial charge on any atom is -0.479 e. The van der Waals surface area contributed by atoms with E-state index in [2.05, 4.69) is 11.9 Å². The number of ether oxygens (including phenoxy) is 1. The van der Waals surface area contributed by atoms with Crippen LogP contribution < -0.4 is 10.6 Å². The maximum absolute atomic E-state index is 12.6. The Morgan fingerprint density at radius 2 is 1.90 bits per heavy atom. The van der Waals surface area contributed by atoms with Gasteiger partial charge < -0.3 is 20.5 Å². The number of amides is 2. The van der Waals surface area contributed by atoms with Gasteiger partial charge in [-0.3, -0.25) is 0 Å². The standard InChI is InChI=1S/C11H17F3N2O4/c1-7(2)6-20-5-4-15-9(19)16-10(3,8(17)18)11(12,13)14/h1,4-6H2,2-3H3,(H,17,18)(H2,15,16,19). The van der Waals surface area contributed by atoms with Gasteiger partial charge in [0.25, 0.3) is 0 Å². The third kappa shape index (κ3) is 5.47. The van der Waals surface area contributed by atoms with Gasteiger partial charge in [-0.05, 0) is 13.8 Å². The van der Waals surface area contributed by atoms with Gasteiger partial charge in [-0.1, -0.05) is 12.2 Å². The van der Waals surface area contributed by atoms with Gasteiger partial charge in [0, 0.05) is 6.54 Å². The van der Waals surface area contributed by atoms with Crippen molar-refractivity contribution in [1.82, 2.24) is 10.6 Å². The highest BCUT2D eigenvalue weighted by atomic mass is 19.4. The number of nitrogens with one attached hydrogen (secondary N) is 2. The first-order valence-electron chi connectivity index (χ1n) is 5.59. The summed E-state index contributed by atoms with van der Waals surface area (Å²) in [5.41, 5.74) is -2.60. The van der Waals surface area contributed by atoms with E-state index in [1.165, 1.54) is 5.32 Å². The summed E-state index contributed by atoms with van der Waals surface area (Å²) in [4.78, 5) is 21.9. The minimum atomic E-state index is -5.12. The Balaban J connectivity index is 4.30. The molecule has 1 unspecified atom stereocenters. The quantitative estimate of drug-likeness (QED) is 0.488. The number of hydrogen-bond acceptors (Lipinski definition) is 3. The molecule has 116 valence electrons. The number of carboxylic acid groups (broad SMARTS) is 1. The Morgan fingerprint density at radius 3 is 2.30 bits per heavy atom. The molecule has 0 aromatic carbocycles. The average molecular weight is 298 g/mol. The van der Waals surface area contributed by atoms with Crippen LogP contribution in [0.4, 0.5) is 18.0 Å². The van der Waals surface area contributed by atoms with Crippen LogP contribution in [0.3, 0.4) is 0 Å². The van der Waals surface area contributed by atoms with Crippen molar-refractivity contribution in [3.8, 4) is 0 Å². The maximum atomic E-state index is 12.6. The van der Waals surface area contributed by atoms with Crippen LogP contribution >= 0.6 is 0 Å². The number of hydrogen-bond donors (Lipinski definition) is 3. The van der Waals surface area contributed by atoms with Gasteiger partial charge in [-0.2, -0.15) is 13.2 Å². The molecule has 9 heteroatoms. The van der Waals surface area contributed by atoms with Gasteiger partial charge in [-0.15, -0.1) is 0 Å². The van der Waals surface area contributed by atoms with E-state index in [4.69, 9.17) is 9.84 Å². The van der Waals surface area contributed by atoms with Crippen molar-refractivity contribution in [1.29, 1.82) is 0 Å². The van der Waals surface area contributed by atoms with Crippen LogP contribution in [0.15, 0.2) is 12.2 Å². The first-order chi connectivity index (χ1) is 9.00. The van der Waals surface area contributed by atoms with E-state index in [0.717, 1.165) is 5.57 Å². The highest BCUT2D eigenvalue weighted by Gasteiger charge is 2.58. The van der Waals surface area contributed by atoms with Crippen LogP contribution in [0.5, 0.6) is 0 Å². The van der Waals surface area contributed by atoms with Crippen LogP contribution in [-0.4, -0.2) is 48.6 Å². The Morgan fingerprint density at radius 1 is 1.35 bits per heavy atom. The zero-order valence-corrected chi connectivity index (χ0v) is 11.1. The van der Waals surface area contributed by atoms with Crippen molar-refractivity contribution in [3.05, 3.63) is 12.2 Å². The molecule has 0 aromatic rings. The molecule has 0 bridgehead atoms. The first-order valence-corrected chi connectivity index (χ1v) is 5.59. The van der Waals surface area contributed by atoms with E-state index in [1.54, 1.807) is 6.92 Å². The summed E-state index contributed by atoms with van der Waals surface area (Å²) in [6.45, 7) is 5.92. The molecule has 0 spiro atoms. The minimum absolute atomic E-state index is 0.0628. The normalized spacial score (nSPS) is 14.2. The third-order valence-electron chi connectivity index (χ3n) is 2.24. The molecule has 0 aliphatic rings. The van der Waals surface area contributed by atoms with Gasteiger partial charge in [0.15, 0.2) is 0 Å². The van der Waals surface area contributed by atoms with Crippen LogP contribution in [0.25, 0.3) is 0 Å². The number of carbonyl (C=O) groups excluding carboxylic acids is 1. The molecule has 0 rings (SSSR count). The molecular formula is C11H17F3N2O4. The largest absolute Gasteiger partial charge is 0.479 e. The molecule has 0 aliphatic carbocycles. The van der Waals surface area contributed by atoms with E-state index >= 15 is 0 Å². The molecule has 1 atom stereocenters. The molecular weight excluding hydrogens is 281 g/mol. The van der Waals surface area contributed by atoms with Gasteiger partial charge in [0.05, 0.1) is 13.2 Å². The lowest BCUT2D eigenvalue weighted by atomic mass is 10.0. The second kappa shape index (κ2) is 7.13. The average Bonchev–Trinajstić information content (AvgIpc) is 2.26. The Hall–Kier alpha value is -1.77. The predicted octanol–water partition coefficient (Wildman–Crippen LogP) is 1.28. The van der Waals surface area contributed by atoms with Crippen LogP contribution in [-0.2, 0) is 9.53 Å². The fourth-order valence-corrected chi connectivity index (χ4v) is 1.000. The molecule has 0 fully saturated rings. The Bertz CT molecular complexity index is 384. The van der Waals surface area contributed by atoms with Gasteiger partial charge in [0.1, 0.15) is 0 Å². The molecule has 0 radical (unpaired) electrons. The van der Waals surface area contributed by atoms with E-state index in [-0.39, 0.29) is 19.8 Å². The summed E-state index contributed by atoms with van der Waals surface area (Å²) in [6.07, 6.45) is -5.12. The molecule has 0 saturated carbocycles. The monoisotopic (exact) mass is 298 g/mol. The fourth-order valence-electron chi connectivity index (χ4n) is 1.000. The number of alkyl halides is 3. The van der Waals surface area contributed by atoms with Crippen molar-refractivity contribution in [2.24, 2.45) is 0 Å². The van der Waals surface area contributed by atoms with Gasteiger partial charge in [-0.25, -0.2) is 9.59 Å². The molecule has 20 heavy (non-hydrogen) atoms. The maximum Gasteiger partial charge on any atom is 0.422 e. The Labute approximate surface area is 114 Å². The molecule has 0 heterocycles. The number of halogens is 3. The summed E-state index contributed by atoms with van der Waals surface area (Å²) in [5, 5.41) is 12.0. The van der Waals surface area contributed by atoms with E-state index in [9.17, 15) is 22.8 Å². The van der Waals surface area contributed by atoms with Crippen LogP contribution in [0.1, 0.15) is 13.8 Å². The van der Waals surface area contributed by atoms with Crippen molar-refractivity contribution in [2.75, 3.05) is 19.8 Å². The van der Waals surface area contributed by atoms with Crippen molar-refractivity contribution < 1.29 is 32.6 Å². The lowest BCUT2D eigenvalue weighted by Crippen LogP contribution is -2.63. The topological polar surface area (TPSA) is 87.7 Å². The SMILES string of the molecule is C=C(C)COCCNC(=O)NC(C)(C(=O)O)C(F)(F)F. The van der Waals surface area contributed by atoms with Crippen molar-refractivity contribution in [3.63, 3.8) is 0 Å². The lowest BCUT2D eigenvalue weighted by Gasteiger charge is -2.28. The fraction of sp³-hybridized carbons (Fsp3) is 0.636. The van der Waals surface area contributed by atoms with Gasteiger partial charge >= 0.3 is 18.2 Å². The highest BCUT2D eigenvalue weighted by molar-refractivity contribution is 5.86. The number of aliphatic carboxylic acids is 1. The number of carboxylic acids is 1. The molecule has 2 amide bonds. The zero-order chi connectivity index (χ0) is 16.0. The molecule has 0 saturated heterocycles. The lowest BCUT2D eigenvalue weighted by molar-refractivity contribution is -0.203. The molecule has 0 aliphatic heterocycles. The number of rotatable bonds is 7. The molecule has 0 aromatic heterocycles. The first kappa shape index (κ1) is 18.2. The summed E-state index contributed by atoms with van der Waals surface area (Å²) in [7, 11) is 0.